The lowest BCUT2D eigenvalue weighted by Crippen LogP contribution is -2.58. The van der Waals surface area contributed by atoms with Gasteiger partial charge >= 0.3 is 6.18 Å². The van der Waals surface area contributed by atoms with Crippen LogP contribution in [-0.4, -0.2) is 120 Å². The number of hydrogen-bond acceptors (Lipinski definition) is 13. The molecule has 2 aromatic heterocycles. The van der Waals surface area contributed by atoms with E-state index in [1.54, 1.807) is 49.3 Å². The Balaban J connectivity index is 0.943. The minimum absolute atomic E-state index is 0.0208. The van der Waals surface area contributed by atoms with Gasteiger partial charge in [0.25, 0.3) is 11.8 Å². The fraction of sp³-hybridized carbons (Fsp3) is 0.474. The zero-order valence-electron chi connectivity index (χ0n) is 44.3. The highest BCUT2D eigenvalue weighted by atomic mass is 32.2. The summed E-state index contributed by atoms with van der Waals surface area (Å²) in [5.74, 6) is -1.35. The first-order valence-electron chi connectivity index (χ1n) is 26.7. The molecule has 2 aliphatic carbocycles. The SMILES string of the molecule is COc1ccc2c(O[C@@H]3C[C@H]4C(=O)N[C@]5(C(=O)NS(=O)(=O)C6(C)CC6)C[C@H]5/C=C\CCCCC[C@H](Nc5cccc(C(=O)N6CCN(c7cccc(C(F)(F)F)c7)CC6)c5)C(=O)N4C3)cc(-c3nc(C(C)C)cs3)nc2c1C. The van der Waals surface area contributed by atoms with Gasteiger partial charge in [0.15, 0.2) is 0 Å². The summed E-state index contributed by atoms with van der Waals surface area (Å²) in [5.41, 5.74) is 1.85. The van der Waals surface area contributed by atoms with Crippen LogP contribution in [0.3, 0.4) is 0 Å². The minimum atomic E-state index is -4.48. The Hall–Kier alpha value is -6.74. The van der Waals surface area contributed by atoms with Crippen LogP contribution in [0.2, 0.25) is 0 Å². The Morgan fingerprint density at radius 3 is 2.44 bits per heavy atom. The van der Waals surface area contributed by atoms with E-state index in [0.29, 0.717) is 95.2 Å². The normalized spacial score (nSPS) is 24.1. The van der Waals surface area contributed by atoms with Crippen molar-refractivity contribution in [3.05, 3.63) is 107 Å². The number of piperazine rings is 1. The van der Waals surface area contributed by atoms with Crippen molar-refractivity contribution < 1.29 is 50.2 Å². The van der Waals surface area contributed by atoms with Crippen molar-refractivity contribution in [2.75, 3.05) is 50.1 Å². The molecule has 0 spiro atoms. The molecule has 10 rings (SSSR count). The number of ether oxygens (including phenoxy) is 2. The van der Waals surface area contributed by atoms with Crippen LogP contribution in [0.25, 0.3) is 21.6 Å². The van der Waals surface area contributed by atoms with Crippen LogP contribution in [0.5, 0.6) is 11.5 Å². The van der Waals surface area contributed by atoms with Gasteiger partial charge in [-0.05, 0) is 107 Å². The second kappa shape index (κ2) is 21.5. The van der Waals surface area contributed by atoms with Crippen molar-refractivity contribution in [1.29, 1.82) is 0 Å². The Morgan fingerprint density at radius 2 is 1.72 bits per heavy atom. The highest BCUT2D eigenvalue weighted by molar-refractivity contribution is 7.91. The zero-order chi connectivity index (χ0) is 55.3. The summed E-state index contributed by atoms with van der Waals surface area (Å²) in [6.07, 6.45) is 2.78. The van der Waals surface area contributed by atoms with Crippen molar-refractivity contribution in [3.63, 3.8) is 0 Å². The molecular formula is C57H65F3N8O8S2. The number of nitrogens with one attached hydrogen (secondary N) is 3. The first-order valence-corrected chi connectivity index (χ1v) is 29.1. The first kappa shape index (κ1) is 54.6. The molecule has 2 saturated heterocycles. The predicted octanol–water partition coefficient (Wildman–Crippen LogP) is 9.00. The van der Waals surface area contributed by atoms with Gasteiger partial charge in [-0.15, -0.1) is 11.3 Å². The molecule has 16 nitrogen and oxygen atoms in total. The quantitative estimate of drug-likeness (QED) is 0.101. The molecule has 5 atom stereocenters. The molecule has 414 valence electrons. The van der Waals surface area contributed by atoms with Gasteiger partial charge in [0, 0.05) is 77.9 Å². The number of sulfonamides is 1. The van der Waals surface area contributed by atoms with Crippen LogP contribution >= 0.6 is 11.3 Å². The van der Waals surface area contributed by atoms with E-state index in [2.05, 4.69) is 29.2 Å². The minimum Gasteiger partial charge on any atom is -0.496 e. The molecule has 5 aliphatic rings. The van der Waals surface area contributed by atoms with E-state index < -0.39 is 73.9 Å². The fourth-order valence-electron chi connectivity index (χ4n) is 10.8. The standard InChI is InChI=1S/C57H65F3N8O8S2/c1-34(2)45-33-77-51(63-45)44-30-48(42-19-20-47(75-5)35(3)49(42)62-44)76-41-29-46-50(69)64-56(54(72)65-78(73,74)55(4)21-22-55)31-38(56)14-9-7-6-8-10-18-43(53(71)68(46)32-41)61-39-16-11-13-36(27-39)52(70)67-25-23-66(24-26-67)40-17-12-15-37(28-40)57(58,59)60/h9,11-17,19-20,27-28,30,33-34,38,41,43,46,61H,6-8,10,18,21-26,29,31-32H2,1-5H3,(H,64,69)(H,65,72)/b14-9-/t38-,41-,43+,46+,56-/m1/s1. The highest BCUT2D eigenvalue weighted by Crippen LogP contribution is 2.48. The summed E-state index contributed by atoms with van der Waals surface area (Å²) < 4.78 is 81.3. The van der Waals surface area contributed by atoms with E-state index in [9.17, 15) is 31.2 Å². The molecule has 0 radical (unpaired) electrons. The molecule has 3 aromatic carbocycles. The van der Waals surface area contributed by atoms with E-state index in [4.69, 9.17) is 19.4 Å². The number of amides is 4. The number of alkyl halides is 3. The number of rotatable bonds is 12. The Bertz CT molecular complexity index is 3280. The van der Waals surface area contributed by atoms with Gasteiger partial charge in [-0.3, -0.25) is 23.9 Å². The van der Waals surface area contributed by atoms with Crippen molar-refractivity contribution >= 4 is 67.3 Å². The highest BCUT2D eigenvalue weighted by Gasteiger charge is 2.63. The number of methoxy groups -OCH3 is 1. The van der Waals surface area contributed by atoms with Gasteiger partial charge < -0.3 is 34.8 Å². The largest absolute Gasteiger partial charge is 0.496 e. The Labute approximate surface area is 456 Å². The van der Waals surface area contributed by atoms with Crippen molar-refractivity contribution in [3.8, 4) is 22.2 Å². The molecule has 5 aromatic rings. The molecule has 3 N–H and O–H groups in total. The summed E-state index contributed by atoms with van der Waals surface area (Å²) in [7, 11) is -2.48. The number of allylic oxidation sites excluding steroid dienone is 1. The van der Waals surface area contributed by atoms with E-state index in [1.165, 1.54) is 22.3 Å². The number of thiazole rings is 1. The average Bonchev–Trinajstić information content (AvgIpc) is 4.32. The van der Waals surface area contributed by atoms with Crippen LogP contribution in [0.4, 0.5) is 24.5 Å². The lowest BCUT2D eigenvalue weighted by Gasteiger charge is -2.36. The van der Waals surface area contributed by atoms with Crippen molar-refractivity contribution in [2.24, 2.45) is 5.92 Å². The monoisotopic (exact) mass is 1110 g/mol. The third-order valence-corrected chi connectivity index (χ3v) is 19.1. The fourth-order valence-corrected chi connectivity index (χ4v) is 13.0. The summed E-state index contributed by atoms with van der Waals surface area (Å²) in [4.78, 5) is 73.7. The van der Waals surface area contributed by atoms with Gasteiger partial charge in [-0.1, -0.05) is 51.0 Å². The molecular weight excluding hydrogens is 1050 g/mol. The molecule has 3 aliphatic heterocycles. The van der Waals surface area contributed by atoms with Crippen LogP contribution in [-0.2, 0) is 30.6 Å². The maximum atomic E-state index is 15.4. The topological polar surface area (TPSA) is 192 Å². The van der Waals surface area contributed by atoms with Crippen LogP contribution in [0.15, 0.2) is 84.3 Å². The predicted molar refractivity (Wildman–Crippen MR) is 292 cm³/mol. The number of pyridine rings is 1. The third kappa shape index (κ3) is 11.1. The molecule has 0 bridgehead atoms. The van der Waals surface area contributed by atoms with Gasteiger partial charge in [-0.2, -0.15) is 13.2 Å². The third-order valence-electron chi connectivity index (χ3n) is 16.0. The Kier molecular flexibility index (Phi) is 15.0. The smallest absolute Gasteiger partial charge is 0.416 e. The maximum absolute atomic E-state index is 15.4. The van der Waals surface area contributed by atoms with E-state index in [0.717, 1.165) is 36.2 Å². The van der Waals surface area contributed by atoms with Crippen molar-refractivity contribution in [2.45, 2.75) is 126 Å². The lowest BCUT2D eigenvalue weighted by atomic mass is 10.0. The molecule has 5 heterocycles. The number of fused-ring (bicyclic) bond motifs is 3. The van der Waals surface area contributed by atoms with Gasteiger partial charge in [0.2, 0.25) is 21.8 Å². The molecule has 4 amide bonds. The Morgan fingerprint density at radius 1 is 0.949 bits per heavy atom. The molecule has 0 unspecified atom stereocenters. The summed E-state index contributed by atoms with van der Waals surface area (Å²) in [6, 6.07) is 15.5. The number of anilines is 2. The van der Waals surface area contributed by atoms with E-state index >= 15 is 9.59 Å². The van der Waals surface area contributed by atoms with Gasteiger partial charge in [0.1, 0.15) is 45.9 Å². The summed E-state index contributed by atoms with van der Waals surface area (Å²) >= 11 is 1.46. The van der Waals surface area contributed by atoms with Crippen molar-refractivity contribution in [1.82, 2.24) is 29.8 Å². The molecule has 2 saturated carbocycles. The van der Waals surface area contributed by atoms with Gasteiger partial charge in [-0.25, -0.2) is 18.4 Å². The lowest BCUT2D eigenvalue weighted by molar-refractivity contribution is -0.140. The number of halogens is 3. The number of aryl methyl sites for hydroxylation is 1. The number of benzene rings is 3. The van der Waals surface area contributed by atoms with Crippen LogP contribution in [0, 0.1) is 12.8 Å². The zero-order valence-corrected chi connectivity index (χ0v) is 46.0. The number of hydrogen-bond donors (Lipinski definition) is 3. The number of aromatic nitrogens is 2. The van der Waals surface area contributed by atoms with Crippen LogP contribution < -0.4 is 29.7 Å². The summed E-state index contributed by atoms with van der Waals surface area (Å²) in [5, 5.41) is 9.76. The van der Waals surface area contributed by atoms with Crippen LogP contribution in [0.1, 0.15) is 112 Å². The first-order chi connectivity index (χ1) is 37.2. The number of carbonyl (C=O) groups is 4. The second-order valence-electron chi connectivity index (χ2n) is 21.8. The number of carbonyl (C=O) groups excluding carboxylic acids is 4. The second-order valence-corrected chi connectivity index (χ2v) is 24.9. The molecule has 78 heavy (non-hydrogen) atoms. The van der Waals surface area contributed by atoms with E-state index in [1.807, 2.05) is 47.6 Å². The van der Waals surface area contributed by atoms with Gasteiger partial charge in [0.05, 0.1) is 35.2 Å². The average molecular weight is 1110 g/mol. The maximum Gasteiger partial charge on any atom is 0.416 e. The van der Waals surface area contributed by atoms with E-state index in [-0.39, 0.29) is 44.3 Å². The summed E-state index contributed by atoms with van der Waals surface area (Å²) in [6.45, 7) is 8.81. The molecule has 21 heteroatoms. The molecule has 4 fully saturated rings. The number of nitrogens with zero attached hydrogens (tertiary/aromatic N) is 5.